The summed E-state index contributed by atoms with van der Waals surface area (Å²) in [6.07, 6.45) is 5.08. The van der Waals surface area contributed by atoms with E-state index in [4.69, 9.17) is 0 Å². The zero-order valence-electron chi connectivity index (χ0n) is 13.3. The smallest absolute Gasteiger partial charge is 0.0919 e. The molecule has 0 saturated heterocycles. The van der Waals surface area contributed by atoms with Gasteiger partial charge < -0.3 is 4.98 Å². The van der Waals surface area contributed by atoms with Crippen LogP contribution in [0.2, 0.25) is 0 Å². The largest absolute Gasteiger partial charge is 0.351 e. The van der Waals surface area contributed by atoms with Crippen molar-refractivity contribution in [2.45, 2.75) is 0 Å². The standard InChI is InChI=1S/C18H15P.C3H4N2/c1-4-10-16(11-5-1)19(17-12-6-2-7-13-17)18-14-8-3-9-15-18;1-2-5-3-4-1/h1-15H;1-3H,(H,4,5). The molecule has 118 valence electrons. The van der Waals surface area contributed by atoms with Crippen LogP contribution in [0.5, 0.6) is 0 Å². The van der Waals surface area contributed by atoms with Crippen molar-refractivity contribution < 1.29 is 0 Å². The van der Waals surface area contributed by atoms with E-state index in [2.05, 4.69) is 101 Å². The Labute approximate surface area is 144 Å². The van der Waals surface area contributed by atoms with Gasteiger partial charge in [-0.05, 0) is 23.8 Å². The van der Waals surface area contributed by atoms with Crippen molar-refractivity contribution in [3.05, 3.63) is 110 Å². The molecule has 0 aliphatic carbocycles. The summed E-state index contributed by atoms with van der Waals surface area (Å²) in [6.45, 7) is 0. The Morgan fingerprint density at radius 2 is 1.00 bits per heavy atom. The number of H-pyrrole nitrogens is 1. The van der Waals surface area contributed by atoms with Gasteiger partial charge in [0.05, 0.1) is 6.33 Å². The first-order valence-corrected chi connectivity index (χ1v) is 9.17. The Kier molecular flexibility index (Phi) is 5.93. The molecule has 1 aromatic heterocycles. The number of nitrogens with zero attached hydrogens (tertiary/aromatic N) is 1. The van der Waals surface area contributed by atoms with Gasteiger partial charge in [0, 0.05) is 12.4 Å². The van der Waals surface area contributed by atoms with Crippen molar-refractivity contribution in [3.63, 3.8) is 0 Å². The topological polar surface area (TPSA) is 28.7 Å². The molecule has 0 unspecified atom stereocenters. The Balaban J connectivity index is 0.000000290. The van der Waals surface area contributed by atoms with Crippen LogP contribution in [0, 0.1) is 0 Å². The number of nitrogens with one attached hydrogen (secondary N) is 1. The first kappa shape index (κ1) is 16.2. The molecule has 0 atom stereocenters. The first-order valence-electron chi connectivity index (χ1n) is 7.83. The summed E-state index contributed by atoms with van der Waals surface area (Å²) >= 11 is 0. The summed E-state index contributed by atoms with van der Waals surface area (Å²) in [7, 11) is -0.446. The molecule has 0 radical (unpaired) electrons. The lowest BCUT2D eigenvalue weighted by molar-refractivity contribution is 1.31. The van der Waals surface area contributed by atoms with Gasteiger partial charge >= 0.3 is 0 Å². The fourth-order valence-corrected chi connectivity index (χ4v) is 4.70. The third-order valence-electron chi connectivity index (χ3n) is 3.45. The molecule has 0 saturated carbocycles. The normalized spacial score (nSPS) is 10.0. The van der Waals surface area contributed by atoms with Crippen LogP contribution in [0.3, 0.4) is 0 Å². The lowest BCUT2D eigenvalue weighted by atomic mass is 10.4. The lowest BCUT2D eigenvalue weighted by Gasteiger charge is -2.18. The van der Waals surface area contributed by atoms with Crippen LogP contribution in [0.25, 0.3) is 0 Å². The van der Waals surface area contributed by atoms with Crippen LogP contribution < -0.4 is 15.9 Å². The van der Waals surface area contributed by atoms with Gasteiger partial charge in [-0.15, -0.1) is 0 Å². The van der Waals surface area contributed by atoms with Crippen molar-refractivity contribution >= 4 is 23.8 Å². The van der Waals surface area contributed by atoms with Crippen LogP contribution in [-0.4, -0.2) is 9.97 Å². The average molecular weight is 330 g/mol. The summed E-state index contributed by atoms with van der Waals surface area (Å²) < 4.78 is 0. The van der Waals surface area contributed by atoms with E-state index in [1.165, 1.54) is 15.9 Å². The number of aromatic amines is 1. The lowest BCUT2D eigenvalue weighted by Crippen LogP contribution is -2.20. The molecule has 0 bridgehead atoms. The predicted molar refractivity (Wildman–Crippen MR) is 104 cm³/mol. The van der Waals surface area contributed by atoms with Crippen molar-refractivity contribution in [1.82, 2.24) is 9.97 Å². The van der Waals surface area contributed by atoms with Crippen molar-refractivity contribution in [2.75, 3.05) is 0 Å². The van der Waals surface area contributed by atoms with E-state index < -0.39 is 7.92 Å². The Morgan fingerprint density at radius 3 is 1.25 bits per heavy atom. The Morgan fingerprint density at radius 1 is 0.583 bits per heavy atom. The van der Waals surface area contributed by atoms with Crippen LogP contribution in [0.1, 0.15) is 0 Å². The number of rotatable bonds is 3. The highest BCUT2D eigenvalue weighted by molar-refractivity contribution is 7.79. The average Bonchev–Trinajstić information content (AvgIpc) is 3.25. The summed E-state index contributed by atoms with van der Waals surface area (Å²) in [5.41, 5.74) is 0. The summed E-state index contributed by atoms with van der Waals surface area (Å²) in [6, 6.07) is 32.3. The van der Waals surface area contributed by atoms with E-state index >= 15 is 0 Å². The molecule has 1 N–H and O–H groups in total. The molecule has 2 nitrogen and oxygen atoms in total. The maximum absolute atomic E-state index is 3.67. The van der Waals surface area contributed by atoms with E-state index in [-0.39, 0.29) is 0 Å². The minimum atomic E-state index is -0.446. The van der Waals surface area contributed by atoms with Crippen molar-refractivity contribution in [2.24, 2.45) is 0 Å². The molecule has 3 heteroatoms. The van der Waals surface area contributed by atoms with Gasteiger partial charge in [0.2, 0.25) is 0 Å². The van der Waals surface area contributed by atoms with Gasteiger partial charge in [0.25, 0.3) is 0 Å². The molecule has 4 rings (SSSR count). The number of aromatic nitrogens is 2. The predicted octanol–water partition coefficient (Wildman–Crippen LogP) is 3.85. The van der Waals surface area contributed by atoms with Crippen LogP contribution >= 0.6 is 7.92 Å². The number of hydrogen-bond acceptors (Lipinski definition) is 1. The minimum Gasteiger partial charge on any atom is -0.351 e. The fourth-order valence-electron chi connectivity index (χ4n) is 2.39. The first-order chi connectivity index (χ1) is 11.9. The van der Waals surface area contributed by atoms with Crippen LogP contribution in [0.4, 0.5) is 0 Å². The molecule has 0 amide bonds. The second kappa shape index (κ2) is 8.81. The van der Waals surface area contributed by atoms with Gasteiger partial charge in [-0.1, -0.05) is 91.0 Å². The second-order valence-electron chi connectivity index (χ2n) is 5.10. The number of benzene rings is 3. The molecular formula is C21H19N2P. The minimum absolute atomic E-state index is 0.446. The third-order valence-corrected chi connectivity index (χ3v) is 5.89. The molecule has 0 spiro atoms. The quantitative estimate of drug-likeness (QED) is 0.568. The Hall–Kier alpha value is -2.70. The molecule has 3 aromatic carbocycles. The van der Waals surface area contributed by atoms with Gasteiger partial charge in [-0.3, -0.25) is 0 Å². The van der Waals surface area contributed by atoms with Gasteiger partial charge in [0.1, 0.15) is 0 Å². The third kappa shape index (κ3) is 4.41. The molecule has 0 fully saturated rings. The molecule has 1 heterocycles. The summed E-state index contributed by atoms with van der Waals surface area (Å²) in [5.74, 6) is 0. The number of imidazole rings is 1. The van der Waals surface area contributed by atoms with E-state index in [0.29, 0.717) is 0 Å². The summed E-state index contributed by atoms with van der Waals surface area (Å²) in [4.78, 5) is 6.42. The van der Waals surface area contributed by atoms with Crippen molar-refractivity contribution in [3.8, 4) is 0 Å². The maximum atomic E-state index is 3.67. The summed E-state index contributed by atoms with van der Waals surface area (Å²) in [5, 5.41) is 4.19. The molecule has 0 aliphatic rings. The molecule has 4 aromatic rings. The highest BCUT2D eigenvalue weighted by atomic mass is 31.1. The molecular weight excluding hydrogens is 311 g/mol. The van der Waals surface area contributed by atoms with E-state index in [1.54, 1.807) is 18.7 Å². The zero-order chi connectivity index (χ0) is 16.5. The van der Waals surface area contributed by atoms with Crippen LogP contribution in [-0.2, 0) is 0 Å². The van der Waals surface area contributed by atoms with Gasteiger partial charge in [-0.25, -0.2) is 4.98 Å². The highest BCUT2D eigenvalue weighted by Gasteiger charge is 2.14. The second-order valence-corrected chi connectivity index (χ2v) is 7.32. The van der Waals surface area contributed by atoms with E-state index in [0.717, 1.165) is 0 Å². The zero-order valence-corrected chi connectivity index (χ0v) is 14.2. The molecule has 24 heavy (non-hydrogen) atoms. The van der Waals surface area contributed by atoms with Gasteiger partial charge in [0.15, 0.2) is 0 Å². The van der Waals surface area contributed by atoms with Crippen LogP contribution in [0.15, 0.2) is 110 Å². The Bertz CT molecular complexity index is 689. The number of hydrogen-bond donors (Lipinski definition) is 1. The van der Waals surface area contributed by atoms with E-state index in [9.17, 15) is 0 Å². The monoisotopic (exact) mass is 330 g/mol. The van der Waals surface area contributed by atoms with Crippen molar-refractivity contribution in [1.29, 1.82) is 0 Å². The highest BCUT2D eigenvalue weighted by Crippen LogP contribution is 2.32. The fraction of sp³-hybridized carbons (Fsp3) is 0. The molecule has 0 aliphatic heterocycles. The van der Waals surface area contributed by atoms with Gasteiger partial charge in [-0.2, -0.15) is 0 Å². The maximum Gasteiger partial charge on any atom is 0.0919 e. The SMILES string of the molecule is c1c[nH]cn1.c1ccc(P(c2ccccc2)c2ccccc2)cc1. The van der Waals surface area contributed by atoms with E-state index in [1.807, 2.05) is 0 Å².